The average molecular weight is 267 g/mol. The van der Waals surface area contributed by atoms with Crippen LogP contribution in [0.3, 0.4) is 0 Å². The number of aromatic nitrogens is 1. The van der Waals surface area contributed by atoms with Crippen LogP contribution < -0.4 is 10.6 Å². The fraction of sp³-hybridized carbons (Fsp3) is 0.250. The molecule has 2 aromatic rings. The van der Waals surface area contributed by atoms with Gasteiger partial charge in [-0.2, -0.15) is 0 Å². The molecule has 2 heterocycles. The van der Waals surface area contributed by atoms with Crippen LogP contribution >= 0.6 is 0 Å². The molecule has 1 aliphatic heterocycles. The van der Waals surface area contributed by atoms with Crippen molar-refractivity contribution in [1.29, 1.82) is 0 Å². The lowest BCUT2D eigenvalue weighted by Crippen LogP contribution is -2.44. The van der Waals surface area contributed by atoms with Crippen LogP contribution in [0.2, 0.25) is 0 Å². The molecular formula is C16H17N3O. The van der Waals surface area contributed by atoms with Gasteiger partial charge in [0.1, 0.15) is 5.82 Å². The van der Waals surface area contributed by atoms with Gasteiger partial charge in [0.2, 0.25) is 5.91 Å². The third kappa shape index (κ3) is 2.56. The van der Waals surface area contributed by atoms with E-state index < -0.39 is 0 Å². The van der Waals surface area contributed by atoms with Gasteiger partial charge in [0.15, 0.2) is 0 Å². The Morgan fingerprint density at radius 3 is 2.85 bits per heavy atom. The van der Waals surface area contributed by atoms with E-state index in [1.165, 1.54) is 11.1 Å². The predicted molar refractivity (Wildman–Crippen MR) is 78.4 cm³/mol. The molecule has 1 aliphatic rings. The molecule has 1 atom stereocenters. The molecule has 4 nitrogen and oxygen atoms in total. The number of rotatable bonds is 2. The van der Waals surface area contributed by atoms with Crippen LogP contribution in [0, 0.1) is 6.92 Å². The van der Waals surface area contributed by atoms with Gasteiger partial charge in [0, 0.05) is 12.7 Å². The van der Waals surface area contributed by atoms with Gasteiger partial charge in [-0.25, -0.2) is 4.98 Å². The van der Waals surface area contributed by atoms with Gasteiger partial charge in [0.25, 0.3) is 0 Å². The number of pyridine rings is 1. The normalized spacial score (nSPS) is 17.4. The number of anilines is 1. The average Bonchev–Trinajstić information content (AvgIpc) is 2.49. The van der Waals surface area contributed by atoms with Gasteiger partial charge in [-0.1, -0.05) is 30.3 Å². The van der Waals surface area contributed by atoms with Gasteiger partial charge in [-0.15, -0.1) is 0 Å². The minimum Gasteiger partial charge on any atom is -0.309 e. The van der Waals surface area contributed by atoms with Gasteiger partial charge in [0.05, 0.1) is 6.04 Å². The van der Waals surface area contributed by atoms with E-state index in [9.17, 15) is 4.79 Å². The first-order valence-corrected chi connectivity index (χ1v) is 6.76. The monoisotopic (exact) mass is 267 g/mol. The summed E-state index contributed by atoms with van der Waals surface area (Å²) in [7, 11) is 0. The topological polar surface area (TPSA) is 54.0 Å². The lowest BCUT2D eigenvalue weighted by atomic mass is 9.95. The molecule has 20 heavy (non-hydrogen) atoms. The second-order valence-electron chi connectivity index (χ2n) is 5.06. The largest absolute Gasteiger partial charge is 0.309 e. The predicted octanol–water partition coefficient (Wildman–Crippen LogP) is 2.04. The van der Waals surface area contributed by atoms with E-state index in [4.69, 9.17) is 0 Å². The van der Waals surface area contributed by atoms with Crippen molar-refractivity contribution < 1.29 is 4.79 Å². The third-order valence-electron chi connectivity index (χ3n) is 3.65. The first-order valence-electron chi connectivity index (χ1n) is 6.76. The summed E-state index contributed by atoms with van der Waals surface area (Å²) >= 11 is 0. The second kappa shape index (κ2) is 5.43. The molecule has 1 amide bonds. The summed E-state index contributed by atoms with van der Waals surface area (Å²) in [6.45, 7) is 2.67. The minimum absolute atomic E-state index is 0.0266. The van der Waals surface area contributed by atoms with Crippen LogP contribution in [0.4, 0.5) is 5.82 Å². The first kappa shape index (κ1) is 12.8. The Balaban J connectivity index is 1.72. The summed E-state index contributed by atoms with van der Waals surface area (Å²) in [6.07, 6.45) is 2.40. The Bertz CT molecular complexity index is 639. The van der Waals surface area contributed by atoms with E-state index in [0.29, 0.717) is 12.2 Å². The standard InChI is InChI=1S/C16H17N3O/c1-11-5-4-8-17-15(11)19-16(20)14-9-12-6-2-3-7-13(12)10-18-14/h2-8,14,18H,9-10H2,1H3,(H,17,19,20). The fourth-order valence-electron chi connectivity index (χ4n) is 2.46. The SMILES string of the molecule is Cc1cccnc1NC(=O)C1Cc2ccccc2CN1. The number of carbonyl (C=O) groups is 1. The van der Waals surface area contributed by atoms with E-state index in [1.807, 2.05) is 31.2 Å². The summed E-state index contributed by atoms with van der Waals surface area (Å²) in [6, 6.07) is 11.8. The number of amides is 1. The Labute approximate surface area is 118 Å². The van der Waals surface area contributed by atoms with E-state index >= 15 is 0 Å². The lowest BCUT2D eigenvalue weighted by molar-refractivity contribution is -0.118. The maximum absolute atomic E-state index is 12.3. The number of benzene rings is 1. The zero-order chi connectivity index (χ0) is 13.9. The van der Waals surface area contributed by atoms with Crippen molar-refractivity contribution in [3.63, 3.8) is 0 Å². The number of hydrogen-bond donors (Lipinski definition) is 2. The molecule has 1 unspecified atom stereocenters. The fourth-order valence-corrected chi connectivity index (χ4v) is 2.46. The molecule has 0 radical (unpaired) electrons. The number of hydrogen-bond acceptors (Lipinski definition) is 3. The van der Waals surface area contributed by atoms with Crippen molar-refractivity contribution in [2.24, 2.45) is 0 Å². The highest BCUT2D eigenvalue weighted by Crippen LogP contribution is 2.17. The number of aryl methyl sites for hydroxylation is 1. The lowest BCUT2D eigenvalue weighted by Gasteiger charge is -2.25. The van der Waals surface area contributed by atoms with Gasteiger partial charge >= 0.3 is 0 Å². The van der Waals surface area contributed by atoms with Crippen molar-refractivity contribution in [1.82, 2.24) is 10.3 Å². The van der Waals surface area contributed by atoms with Crippen LogP contribution in [-0.2, 0) is 17.8 Å². The Kier molecular flexibility index (Phi) is 3.48. The molecule has 0 fully saturated rings. The molecule has 3 rings (SSSR count). The Morgan fingerprint density at radius 2 is 2.05 bits per heavy atom. The Hall–Kier alpha value is -2.20. The summed E-state index contributed by atoms with van der Waals surface area (Å²) in [4.78, 5) is 16.5. The molecule has 0 saturated heterocycles. The van der Waals surface area contributed by atoms with Crippen LogP contribution in [0.25, 0.3) is 0 Å². The molecule has 1 aromatic carbocycles. The number of carbonyl (C=O) groups excluding carboxylic acids is 1. The zero-order valence-corrected chi connectivity index (χ0v) is 11.4. The number of nitrogens with zero attached hydrogens (tertiary/aromatic N) is 1. The highest BCUT2D eigenvalue weighted by atomic mass is 16.2. The summed E-state index contributed by atoms with van der Waals surface area (Å²) in [5.74, 6) is 0.611. The maximum atomic E-state index is 12.3. The summed E-state index contributed by atoms with van der Waals surface area (Å²) in [5.41, 5.74) is 3.48. The third-order valence-corrected chi connectivity index (χ3v) is 3.65. The van der Waals surface area contributed by atoms with E-state index in [-0.39, 0.29) is 11.9 Å². The van der Waals surface area contributed by atoms with E-state index in [1.54, 1.807) is 6.20 Å². The van der Waals surface area contributed by atoms with E-state index in [2.05, 4.69) is 27.8 Å². The molecule has 0 spiro atoms. The molecule has 2 N–H and O–H groups in total. The Morgan fingerprint density at radius 1 is 1.25 bits per heavy atom. The highest BCUT2D eigenvalue weighted by Gasteiger charge is 2.24. The van der Waals surface area contributed by atoms with Crippen molar-refractivity contribution in [3.05, 3.63) is 59.3 Å². The molecule has 1 aromatic heterocycles. The minimum atomic E-state index is -0.202. The van der Waals surface area contributed by atoms with E-state index in [0.717, 1.165) is 12.1 Å². The first-order chi connectivity index (χ1) is 9.74. The molecule has 0 saturated carbocycles. The van der Waals surface area contributed by atoms with Gasteiger partial charge in [-0.05, 0) is 36.1 Å². The quantitative estimate of drug-likeness (QED) is 0.875. The highest BCUT2D eigenvalue weighted by molar-refractivity contribution is 5.94. The maximum Gasteiger partial charge on any atom is 0.243 e. The van der Waals surface area contributed by atoms with Crippen molar-refractivity contribution in [3.8, 4) is 0 Å². The smallest absolute Gasteiger partial charge is 0.243 e. The van der Waals surface area contributed by atoms with Crippen molar-refractivity contribution in [2.45, 2.75) is 25.9 Å². The van der Waals surface area contributed by atoms with Crippen LogP contribution in [-0.4, -0.2) is 16.9 Å². The van der Waals surface area contributed by atoms with Crippen LogP contribution in [0.1, 0.15) is 16.7 Å². The summed E-state index contributed by atoms with van der Waals surface area (Å²) in [5, 5.41) is 6.17. The van der Waals surface area contributed by atoms with Crippen LogP contribution in [0.15, 0.2) is 42.6 Å². The number of nitrogens with one attached hydrogen (secondary N) is 2. The van der Waals surface area contributed by atoms with Gasteiger partial charge in [-0.3, -0.25) is 4.79 Å². The molecular weight excluding hydrogens is 250 g/mol. The molecule has 0 aliphatic carbocycles. The number of fused-ring (bicyclic) bond motifs is 1. The zero-order valence-electron chi connectivity index (χ0n) is 11.4. The summed E-state index contributed by atoms with van der Waals surface area (Å²) < 4.78 is 0. The van der Waals surface area contributed by atoms with Gasteiger partial charge < -0.3 is 10.6 Å². The van der Waals surface area contributed by atoms with Crippen LogP contribution in [0.5, 0.6) is 0 Å². The molecule has 4 heteroatoms. The van der Waals surface area contributed by atoms with Crippen molar-refractivity contribution in [2.75, 3.05) is 5.32 Å². The second-order valence-corrected chi connectivity index (χ2v) is 5.06. The molecule has 102 valence electrons. The van der Waals surface area contributed by atoms with Crippen molar-refractivity contribution >= 4 is 11.7 Å². The molecule has 0 bridgehead atoms.